The third-order valence-corrected chi connectivity index (χ3v) is 2.43. The molecule has 0 bridgehead atoms. The van der Waals surface area contributed by atoms with E-state index < -0.39 is 11.2 Å². The Morgan fingerprint density at radius 3 is 2.47 bits per heavy atom. The molecule has 0 heterocycles. The molecule has 0 saturated carbocycles. The van der Waals surface area contributed by atoms with Gasteiger partial charge in [0.2, 0.25) is 0 Å². The predicted octanol–water partition coefficient (Wildman–Crippen LogP) is 2.61. The molecule has 0 amide bonds. The van der Waals surface area contributed by atoms with Crippen molar-refractivity contribution in [2.75, 3.05) is 0 Å². The van der Waals surface area contributed by atoms with Gasteiger partial charge in [0.15, 0.2) is 0 Å². The molecule has 0 aromatic heterocycles. The van der Waals surface area contributed by atoms with Gasteiger partial charge in [0.05, 0.1) is 5.56 Å². The van der Waals surface area contributed by atoms with Gasteiger partial charge in [-0.3, -0.25) is 4.79 Å². The average Bonchev–Trinajstić information content (AvgIpc) is 2.27. The van der Waals surface area contributed by atoms with E-state index in [9.17, 15) is 14.7 Å². The van der Waals surface area contributed by atoms with E-state index in [4.69, 9.17) is 16.3 Å². The van der Waals surface area contributed by atoms with Crippen molar-refractivity contribution < 1.29 is 19.4 Å². The fraction of sp³-hybridized carbons (Fsp3) is 0.167. The third-order valence-electron chi connectivity index (χ3n) is 2.15. The summed E-state index contributed by atoms with van der Waals surface area (Å²) in [5.74, 6) is -0.555. The number of phenols is 1. The number of rotatable bonds is 3. The summed E-state index contributed by atoms with van der Waals surface area (Å²) in [6.45, 7) is 2.93. The number of aromatic hydroxyl groups is 1. The largest absolute Gasteiger partial charge is 0.508 e. The van der Waals surface area contributed by atoms with Crippen LogP contribution in [0.4, 0.5) is 0 Å². The minimum Gasteiger partial charge on any atom is -0.508 e. The summed E-state index contributed by atoms with van der Waals surface area (Å²) in [5, 5.41) is 8.52. The normalized spacial score (nSPS) is 11.7. The van der Waals surface area contributed by atoms with Crippen LogP contribution in [0.3, 0.4) is 0 Å². The lowest BCUT2D eigenvalue weighted by molar-refractivity contribution is -0.108. The SMILES string of the molecule is C/C(OC(=O)c1cccc(O)c1)=C(\C)C(=O)Cl. The summed E-state index contributed by atoms with van der Waals surface area (Å²) < 4.78 is 4.94. The molecule has 4 nitrogen and oxygen atoms in total. The van der Waals surface area contributed by atoms with Gasteiger partial charge in [-0.2, -0.15) is 0 Å². The molecule has 0 aliphatic rings. The van der Waals surface area contributed by atoms with Crippen molar-refractivity contribution in [1.29, 1.82) is 0 Å². The Balaban J connectivity index is 2.87. The Morgan fingerprint density at radius 1 is 1.29 bits per heavy atom. The molecule has 0 atom stereocenters. The van der Waals surface area contributed by atoms with Crippen LogP contribution < -0.4 is 0 Å². The van der Waals surface area contributed by atoms with E-state index in [2.05, 4.69) is 0 Å². The quantitative estimate of drug-likeness (QED) is 0.390. The van der Waals surface area contributed by atoms with E-state index in [1.807, 2.05) is 0 Å². The van der Waals surface area contributed by atoms with Crippen molar-refractivity contribution in [3.05, 3.63) is 41.2 Å². The number of esters is 1. The molecule has 0 spiro atoms. The van der Waals surface area contributed by atoms with Crippen molar-refractivity contribution in [2.45, 2.75) is 13.8 Å². The summed E-state index contributed by atoms with van der Waals surface area (Å²) in [6.07, 6.45) is 0. The smallest absolute Gasteiger partial charge is 0.343 e. The first-order valence-corrected chi connectivity index (χ1v) is 5.18. The lowest BCUT2D eigenvalue weighted by atomic mass is 10.2. The molecule has 0 aliphatic carbocycles. The van der Waals surface area contributed by atoms with Gasteiger partial charge in [-0.05, 0) is 43.6 Å². The summed E-state index contributed by atoms with van der Waals surface area (Å²) in [4.78, 5) is 22.4. The molecule has 17 heavy (non-hydrogen) atoms. The predicted molar refractivity (Wildman–Crippen MR) is 62.8 cm³/mol. The second-order valence-electron chi connectivity index (χ2n) is 3.39. The number of hydrogen-bond donors (Lipinski definition) is 1. The van der Waals surface area contributed by atoms with Crippen molar-refractivity contribution >= 4 is 22.8 Å². The number of hydrogen-bond acceptors (Lipinski definition) is 4. The Labute approximate surface area is 103 Å². The van der Waals surface area contributed by atoms with Gasteiger partial charge in [0.25, 0.3) is 5.24 Å². The Morgan fingerprint density at radius 2 is 1.94 bits per heavy atom. The highest BCUT2D eigenvalue weighted by atomic mass is 35.5. The summed E-state index contributed by atoms with van der Waals surface area (Å²) in [6, 6.07) is 5.72. The number of phenolic OH excluding ortho intramolecular Hbond substituents is 1. The molecule has 0 unspecified atom stereocenters. The van der Waals surface area contributed by atoms with Gasteiger partial charge < -0.3 is 9.84 Å². The van der Waals surface area contributed by atoms with E-state index in [1.54, 1.807) is 0 Å². The number of carbonyl (C=O) groups is 2. The molecule has 0 fully saturated rings. The van der Waals surface area contributed by atoms with Crippen LogP contribution in [0, 0.1) is 0 Å². The highest BCUT2D eigenvalue weighted by molar-refractivity contribution is 6.67. The maximum absolute atomic E-state index is 11.6. The molecule has 0 radical (unpaired) electrons. The van der Waals surface area contributed by atoms with Crippen molar-refractivity contribution in [2.24, 2.45) is 0 Å². The summed E-state index contributed by atoms with van der Waals surface area (Å²) >= 11 is 5.25. The second-order valence-corrected chi connectivity index (χ2v) is 3.74. The lowest BCUT2D eigenvalue weighted by Crippen LogP contribution is -2.06. The van der Waals surface area contributed by atoms with Gasteiger partial charge in [-0.25, -0.2) is 4.79 Å². The molecule has 1 N–H and O–H groups in total. The topological polar surface area (TPSA) is 63.6 Å². The monoisotopic (exact) mass is 254 g/mol. The molecule has 5 heteroatoms. The molecule has 0 saturated heterocycles. The number of ether oxygens (including phenoxy) is 1. The maximum Gasteiger partial charge on any atom is 0.343 e. The van der Waals surface area contributed by atoms with Gasteiger partial charge in [0, 0.05) is 5.57 Å². The fourth-order valence-electron chi connectivity index (χ4n) is 1.05. The van der Waals surface area contributed by atoms with Gasteiger partial charge in [-0.1, -0.05) is 6.07 Å². The van der Waals surface area contributed by atoms with Crippen LogP contribution in [0.25, 0.3) is 0 Å². The molecule has 0 aliphatic heterocycles. The second kappa shape index (κ2) is 5.50. The maximum atomic E-state index is 11.6. The van der Waals surface area contributed by atoms with Crippen molar-refractivity contribution in [3.63, 3.8) is 0 Å². The first-order chi connectivity index (χ1) is 7.91. The molecule has 1 aromatic rings. The van der Waals surface area contributed by atoms with Crippen molar-refractivity contribution in [1.82, 2.24) is 0 Å². The van der Waals surface area contributed by atoms with Gasteiger partial charge in [0.1, 0.15) is 11.5 Å². The molecule has 90 valence electrons. The Kier molecular flexibility index (Phi) is 4.29. The van der Waals surface area contributed by atoms with Crippen LogP contribution in [0.2, 0.25) is 0 Å². The van der Waals surface area contributed by atoms with Gasteiger partial charge >= 0.3 is 5.97 Å². The number of benzene rings is 1. The number of allylic oxidation sites excluding steroid dienone is 2. The van der Waals surface area contributed by atoms with E-state index in [0.29, 0.717) is 0 Å². The van der Waals surface area contributed by atoms with Crippen LogP contribution in [0.5, 0.6) is 5.75 Å². The van der Waals surface area contributed by atoms with Gasteiger partial charge in [-0.15, -0.1) is 0 Å². The van der Waals surface area contributed by atoms with E-state index in [1.165, 1.54) is 38.1 Å². The minimum absolute atomic E-state index is 0.0359. The number of carbonyl (C=O) groups excluding carboxylic acids is 2. The first-order valence-electron chi connectivity index (χ1n) is 4.80. The Bertz CT molecular complexity index is 491. The number of halogens is 1. The van der Waals surface area contributed by atoms with Crippen LogP contribution >= 0.6 is 11.6 Å². The molecular weight excluding hydrogens is 244 g/mol. The van der Waals surface area contributed by atoms with E-state index >= 15 is 0 Å². The summed E-state index contributed by atoms with van der Waals surface area (Å²) in [5.41, 5.74) is 0.361. The Hall–Kier alpha value is -1.81. The van der Waals surface area contributed by atoms with Crippen molar-refractivity contribution in [3.8, 4) is 5.75 Å². The van der Waals surface area contributed by atoms with Crippen LogP contribution in [-0.2, 0) is 9.53 Å². The average molecular weight is 255 g/mol. The standard InChI is InChI=1S/C12H11ClO4/c1-7(11(13)15)8(2)17-12(16)9-4-3-5-10(14)6-9/h3-6,14H,1-2H3/b8-7-. The van der Waals surface area contributed by atoms with Crippen LogP contribution in [0.1, 0.15) is 24.2 Å². The zero-order valence-corrected chi connectivity index (χ0v) is 10.1. The highest BCUT2D eigenvalue weighted by Crippen LogP contribution is 2.15. The van der Waals surface area contributed by atoms with E-state index in [-0.39, 0.29) is 22.6 Å². The third kappa shape index (κ3) is 3.60. The van der Waals surface area contributed by atoms with Crippen LogP contribution in [0.15, 0.2) is 35.6 Å². The molecular formula is C12H11ClO4. The van der Waals surface area contributed by atoms with E-state index in [0.717, 1.165) is 0 Å². The molecule has 1 aromatic carbocycles. The highest BCUT2D eigenvalue weighted by Gasteiger charge is 2.12. The fourth-order valence-corrected chi connectivity index (χ4v) is 1.18. The minimum atomic E-state index is -0.675. The first kappa shape index (κ1) is 13.3. The lowest BCUT2D eigenvalue weighted by Gasteiger charge is -2.06. The zero-order chi connectivity index (χ0) is 13.0. The zero-order valence-electron chi connectivity index (χ0n) is 9.36. The van der Waals surface area contributed by atoms with Crippen LogP contribution in [-0.4, -0.2) is 16.3 Å². The summed E-state index contributed by atoms with van der Waals surface area (Å²) in [7, 11) is 0. The molecule has 1 rings (SSSR count).